The van der Waals surface area contributed by atoms with E-state index in [4.69, 9.17) is 0 Å². The third-order valence-electron chi connectivity index (χ3n) is 3.70. The van der Waals surface area contributed by atoms with E-state index in [0.717, 1.165) is 23.7 Å². The summed E-state index contributed by atoms with van der Waals surface area (Å²) in [6.45, 7) is 2.21. The standard InChI is InChI=1S/C14H18BrFO/c1-9-2-5-14(17)11(6-9)7-10-3-4-12(15)8-13(10)16/h3-4,8-9,11,14,17H,2,5-7H2,1H3. The number of benzene rings is 1. The Morgan fingerprint density at radius 1 is 1.41 bits per heavy atom. The van der Waals surface area contributed by atoms with Gasteiger partial charge in [0.15, 0.2) is 0 Å². The van der Waals surface area contributed by atoms with Crippen LogP contribution in [0.2, 0.25) is 0 Å². The molecule has 0 saturated heterocycles. The molecule has 3 heteroatoms. The molecule has 0 bridgehead atoms. The van der Waals surface area contributed by atoms with Gasteiger partial charge in [-0.05, 0) is 55.2 Å². The smallest absolute Gasteiger partial charge is 0.127 e. The van der Waals surface area contributed by atoms with Crippen LogP contribution in [0.4, 0.5) is 4.39 Å². The Balaban J connectivity index is 2.08. The van der Waals surface area contributed by atoms with Crippen LogP contribution in [-0.4, -0.2) is 11.2 Å². The Morgan fingerprint density at radius 3 is 2.88 bits per heavy atom. The molecule has 3 unspecified atom stereocenters. The maximum Gasteiger partial charge on any atom is 0.127 e. The second-order valence-electron chi connectivity index (χ2n) is 5.19. The molecule has 1 aliphatic carbocycles. The number of halogens is 2. The van der Waals surface area contributed by atoms with Crippen LogP contribution in [0, 0.1) is 17.7 Å². The number of aliphatic hydroxyl groups excluding tert-OH is 1. The van der Waals surface area contributed by atoms with E-state index < -0.39 is 0 Å². The first-order valence-corrected chi connectivity index (χ1v) is 6.97. The molecule has 0 heterocycles. The monoisotopic (exact) mass is 300 g/mol. The second kappa shape index (κ2) is 5.49. The number of aliphatic hydroxyl groups is 1. The van der Waals surface area contributed by atoms with Crippen molar-refractivity contribution >= 4 is 15.9 Å². The highest BCUT2D eigenvalue weighted by atomic mass is 79.9. The maximum absolute atomic E-state index is 13.7. The molecule has 1 saturated carbocycles. The van der Waals surface area contributed by atoms with E-state index in [2.05, 4.69) is 22.9 Å². The molecule has 1 aromatic carbocycles. The van der Waals surface area contributed by atoms with Crippen molar-refractivity contribution in [3.05, 3.63) is 34.1 Å². The zero-order chi connectivity index (χ0) is 12.4. The SMILES string of the molecule is CC1CCC(O)C(Cc2ccc(Br)cc2F)C1. The van der Waals surface area contributed by atoms with Gasteiger partial charge in [0.25, 0.3) is 0 Å². The largest absolute Gasteiger partial charge is 0.393 e. The van der Waals surface area contributed by atoms with Gasteiger partial charge in [0.05, 0.1) is 6.10 Å². The Hall–Kier alpha value is -0.410. The van der Waals surface area contributed by atoms with Crippen LogP contribution in [0.3, 0.4) is 0 Å². The summed E-state index contributed by atoms with van der Waals surface area (Å²) in [6, 6.07) is 5.16. The Labute approximate surface area is 110 Å². The molecule has 1 aliphatic rings. The van der Waals surface area contributed by atoms with Crippen molar-refractivity contribution in [3.63, 3.8) is 0 Å². The van der Waals surface area contributed by atoms with Gasteiger partial charge in [-0.2, -0.15) is 0 Å². The molecule has 94 valence electrons. The predicted molar refractivity (Wildman–Crippen MR) is 70.3 cm³/mol. The zero-order valence-electron chi connectivity index (χ0n) is 10.00. The molecule has 17 heavy (non-hydrogen) atoms. The fraction of sp³-hybridized carbons (Fsp3) is 0.571. The first kappa shape index (κ1) is 13.0. The van der Waals surface area contributed by atoms with Crippen LogP contribution in [-0.2, 0) is 6.42 Å². The van der Waals surface area contributed by atoms with Crippen molar-refractivity contribution in [3.8, 4) is 0 Å². The van der Waals surface area contributed by atoms with E-state index in [1.54, 1.807) is 0 Å². The van der Waals surface area contributed by atoms with Crippen LogP contribution in [0.5, 0.6) is 0 Å². The van der Waals surface area contributed by atoms with E-state index in [9.17, 15) is 9.50 Å². The van der Waals surface area contributed by atoms with Crippen LogP contribution >= 0.6 is 15.9 Å². The minimum Gasteiger partial charge on any atom is -0.393 e. The summed E-state index contributed by atoms with van der Waals surface area (Å²) in [5.74, 6) is 0.668. The van der Waals surface area contributed by atoms with Gasteiger partial charge in [0, 0.05) is 4.47 Å². The Morgan fingerprint density at radius 2 is 2.18 bits per heavy atom. The second-order valence-corrected chi connectivity index (χ2v) is 6.10. The molecule has 2 rings (SSSR count). The molecule has 0 aromatic heterocycles. The van der Waals surface area contributed by atoms with E-state index in [-0.39, 0.29) is 17.8 Å². The minimum atomic E-state index is -0.269. The minimum absolute atomic E-state index is 0.176. The fourth-order valence-electron chi connectivity index (χ4n) is 2.67. The van der Waals surface area contributed by atoms with Crippen molar-refractivity contribution in [2.24, 2.45) is 11.8 Å². The molecular formula is C14H18BrFO. The van der Waals surface area contributed by atoms with Crippen molar-refractivity contribution in [1.82, 2.24) is 0 Å². The lowest BCUT2D eigenvalue weighted by atomic mass is 9.77. The van der Waals surface area contributed by atoms with E-state index in [0.29, 0.717) is 17.9 Å². The van der Waals surface area contributed by atoms with Crippen LogP contribution in [0.15, 0.2) is 22.7 Å². The normalized spacial score (nSPS) is 29.3. The summed E-state index contributed by atoms with van der Waals surface area (Å²) in [5, 5.41) is 9.96. The quantitative estimate of drug-likeness (QED) is 0.877. The molecule has 1 N–H and O–H groups in total. The zero-order valence-corrected chi connectivity index (χ0v) is 11.6. The van der Waals surface area contributed by atoms with Crippen LogP contribution in [0.25, 0.3) is 0 Å². The average molecular weight is 301 g/mol. The van der Waals surface area contributed by atoms with Gasteiger partial charge < -0.3 is 5.11 Å². The van der Waals surface area contributed by atoms with Crippen molar-refractivity contribution < 1.29 is 9.50 Å². The number of hydrogen-bond acceptors (Lipinski definition) is 1. The van der Waals surface area contributed by atoms with Gasteiger partial charge in [-0.3, -0.25) is 0 Å². The van der Waals surface area contributed by atoms with E-state index >= 15 is 0 Å². The van der Waals surface area contributed by atoms with Crippen molar-refractivity contribution in [2.45, 2.75) is 38.7 Å². The Kier molecular flexibility index (Phi) is 4.21. The lowest BCUT2D eigenvalue weighted by Crippen LogP contribution is -2.29. The average Bonchev–Trinajstić information content (AvgIpc) is 2.27. The van der Waals surface area contributed by atoms with E-state index in [1.165, 1.54) is 6.07 Å². The highest BCUT2D eigenvalue weighted by Gasteiger charge is 2.27. The molecule has 3 atom stereocenters. The van der Waals surface area contributed by atoms with Gasteiger partial charge in [0.1, 0.15) is 5.82 Å². The van der Waals surface area contributed by atoms with Gasteiger partial charge in [-0.25, -0.2) is 4.39 Å². The lowest BCUT2D eigenvalue weighted by molar-refractivity contribution is 0.0515. The first-order chi connectivity index (χ1) is 8.06. The molecule has 1 aromatic rings. The highest BCUT2D eigenvalue weighted by Crippen LogP contribution is 2.32. The summed E-state index contributed by atoms with van der Waals surface area (Å²) in [6.07, 6.45) is 3.31. The summed E-state index contributed by atoms with van der Waals surface area (Å²) in [5.41, 5.74) is 0.714. The summed E-state index contributed by atoms with van der Waals surface area (Å²) >= 11 is 3.25. The topological polar surface area (TPSA) is 20.2 Å². The van der Waals surface area contributed by atoms with E-state index in [1.807, 2.05) is 12.1 Å². The molecule has 1 nitrogen and oxygen atoms in total. The third-order valence-corrected chi connectivity index (χ3v) is 4.19. The summed E-state index contributed by atoms with van der Waals surface area (Å²) < 4.78 is 14.5. The van der Waals surface area contributed by atoms with Crippen LogP contribution < -0.4 is 0 Å². The molecule has 0 radical (unpaired) electrons. The lowest BCUT2D eigenvalue weighted by Gasteiger charge is -2.31. The third kappa shape index (κ3) is 3.29. The number of hydrogen-bond donors (Lipinski definition) is 1. The maximum atomic E-state index is 13.7. The predicted octanol–water partition coefficient (Wildman–Crippen LogP) is 3.93. The summed E-state index contributed by atoms with van der Waals surface area (Å²) in [4.78, 5) is 0. The van der Waals surface area contributed by atoms with Crippen molar-refractivity contribution in [2.75, 3.05) is 0 Å². The van der Waals surface area contributed by atoms with Crippen LogP contribution in [0.1, 0.15) is 31.7 Å². The van der Waals surface area contributed by atoms with Gasteiger partial charge >= 0.3 is 0 Å². The number of rotatable bonds is 2. The Bertz CT molecular complexity index is 394. The van der Waals surface area contributed by atoms with Gasteiger partial charge in [-0.1, -0.05) is 28.9 Å². The van der Waals surface area contributed by atoms with Gasteiger partial charge in [0.2, 0.25) is 0 Å². The first-order valence-electron chi connectivity index (χ1n) is 6.18. The molecular weight excluding hydrogens is 283 g/mol. The molecule has 1 fully saturated rings. The molecule has 0 spiro atoms. The fourth-order valence-corrected chi connectivity index (χ4v) is 3.00. The molecule has 0 aliphatic heterocycles. The van der Waals surface area contributed by atoms with Crippen molar-refractivity contribution in [1.29, 1.82) is 0 Å². The van der Waals surface area contributed by atoms with Gasteiger partial charge in [-0.15, -0.1) is 0 Å². The molecule has 0 amide bonds. The highest BCUT2D eigenvalue weighted by molar-refractivity contribution is 9.10. The summed E-state index contributed by atoms with van der Waals surface area (Å²) in [7, 11) is 0.